The number of hydrogen-bond donors (Lipinski definition) is 1. The van der Waals surface area contributed by atoms with Gasteiger partial charge in [-0.25, -0.2) is 18.2 Å². The summed E-state index contributed by atoms with van der Waals surface area (Å²) in [5, 5.41) is 8.83. The lowest BCUT2D eigenvalue weighted by Crippen LogP contribution is -2.13. The van der Waals surface area contributed by atoms with E-state index in [0.717, 1.165) is 6.42 Å². The molecule has 0 saturated heterocycles. The molecule has 5 nitrogen and oxygen atoms in total. The minimum absolute atomic E-state index is 0.0462. The second-order valence-corrected chi connectivity index (χ2v) is 5.41. The van der Waals surface area contributed by atoms with Gasteiger partial charge in [-0.05, 0) is 18.6 Å². The average molecular weight is 243 g/mol. The molecule has 0 aliphatic rings. The zero-order valence-corrected chi connectivity index (χ0v) is 9.70. The largest absolute Gasteiger partial charge is 0.476 e. The highest BCUT2D eigenvalue weighted by atomic mass is 32.2. The molecule has 1 aromatic rings. The van der Waals surface area contributed by atoms with E-state index in [9.17, 15) is 13.2 Å². The Kier molecular flexibility index (Phi) is 4.00. The summed E-state index contributed by atoms with van der Waals surface area (Å²) in [5.74, 6) is -1.37. The molecule has 0 radical (unpaired) electrons. The molecule has 0 amide bonds. The monoisotopic (exact) mass is 243 g/mol. The topological polar surface area (TPSA) is 84.3 Å². The zero-order chi connectivity index (χ0) is 12.2. The van der Waals surface area contributed by atoms with Crippen molar-refractivity contribution in [2.24, 2.45) is 0 Å². The van der Waals surface area contributed by atoms with Gasteiger partial charge < -0.3 is 5.11 Å². The second-order valence-electron chi connectivity index (χ2n) is 3.33. The van der Waals surface area contributed by atoms with Crippen LogP contribution in [-0.2, 0) is 9.84 Å². The third-order valence-corrected chi connectivity index (χ3v) is 3.90. The number of unbranched alkanes of at least 4 members (excludes halogenated alkanes) is 1. The molecule has 0 bridgehead atoms. The molecule has 0 unspecified atom stereocenters. The Bertz CT molecular complexity index is 481. The average Bonchev–Trinajstić information content (AvgIpc) is 2.26. The second kappa shape index (κ2) is 5.07. The van der Waals surface area contributed by atoms with Gasteiger partial charge in [-0.2, -0.15) is 0 Å². The maximum atomic E-state index is 11.8. The van der Waals surface area contributed by atoms with Crippen molar-refractivity contribution < 1.29 is 18.3 Å². The van der Waals surface area contributed by atoms with Gasteiger partial charge in [0.2, 0.25) is 0 Å². The molecule has 0 spiro atoms. The molecule has 0 aliphatic carbocycles. The standard InChI is InChI=1S/C10H13NO4S/c1-2-3-7-16(14,15)8-5-4-6-11-9(8)10(12)13/h4-6H,2-3,7H2,1H3,(H,12,13). The van der Waals surface area contributed by atoms with Crippen LogP contribution in [0.25, 0.3) is 0 Å². The fraction of sp³-hybridized carbons (Fsp3) is 0.400. The third kappa shape index (κ3) is 2.79. The van der Waals surface area contributed by atoms with Gasteiger partial charge in [0.1, 0.15) is 0 Å². The molecule has 1 aromatic heterocycles. The van der Waals surface area contributed by atoms with Gasteiger partial charge in [-0.15, -0.1) is 0 Å². The van der Waals surface area contributed by atoms with Gasteiger partial charge in [0, 0.05) is 6.20 Å². The molecule has 0 fully saturated rings. The maximum Gasteiger partial charge on any atom is 0.355 e. The molecule has 0 saturated carbocycles. The van der Waals surface area contributed by atoms with Crippen LogP contribution in [0.2, 0.25) is 0 Å². The van der Waals surface area contributed by atoms with Crippen LogP contribution in [0.4, 0.5) is 0 Å². The summed E-state index contributed by atoms with van der Waals surface area (Å²) >= 11 is 0. The number of pyridine rings is 1. The molecule has 1 heterocycles. The van der Waals surface area contributed by atoms with Crippen LogP contribution in [0.5, 0.6) is 0 Å². The van der Waals surface area contributed by atoms with Crippen LogP contribution >= 0.6 is 0 Å². The quantitative estimate of drug-likeness (QED) is 0.843. The van der Waals surface area contributed by atoms with E-state index in [4.69, 9.17) is 5.11 Å². The zero-order valence-electron chi connectivity index (χ0n) is 8.88. The number of nitrogens with zero attached hydrogens (tertiary/aromatic N) is 1. The third-order valence-electron chi connectivity index (χ3n) is 2.07. The van der Waals surface area contributed by atoms with E-state index in [1.807, 2.05) is 6.92 Å². The van der Waals surface area contributed by atoms with E-state index in [2.05, 4.69) is 4.98 Å². The van der Waals surface area contributed by atoms with Crippen LogP contribution in [0, 0.1) is 0 Å². The van der Waals surface area contributed by atoms with Crippen molar-refractivity contribution in [3.8, 4) is 0 Å². The summed E-state index contributed by atoms with van der Waals surface area (Å²) < 4.78 is 23.6. The molecule has 0 aliphatic heterocycles. The van der Waals surface area contributed by atoms with E-state index < -0.39 is 21.5 Å². The van der Waals surface area contributed by atoms with E-state index in [1.54, 1.807) is 0 Å². The summed E-state index contributed by atoms with van der Waals surface area (Å²) in [4.78, 5) is 14.2. The van der Waals surface area contributed by atoms with Crippen LogP contribution in [0.1, 0.15) is 30.3 Å². The lowest BCUT2D eigenvalue weighted by Gasteiger charge is -2.05. The Morgan fingerprint density at radius 1 is 1.50 bits per heavy atom. The van der Waals surface area contributed by atoms with Crippen molar-refractivity contribution in [3.05, 3.63) is 24.0 Å². The number of aromatic carboxylic acids is 1. The number of aromatic nitrogens is 1. The summed E-state index contributed by atoms with van der Waals surface area (Å²) in [5.41, 5.74) is -0.404. The van der Waals surface area contributed by atoms with Gasteiger partial charge in [0.15, 0.2) is 15.5 Å². The van der Waals surface area contributed by atoms with Gasteiger partial charge in [-0.1, -0.05) is 13.3 Å². The Labute approximate surface area is 94.1 Å². The molecule has 1 N–H and O–H groups in total. The molecule has 0 aromatic carbocycles. The van der Waals surface area contributed by atoms with E-state index in [-0.39, 0.29) is 10.6 Å². The molecule has 1 rings (SSSR count). The van der Waals surface area contributed by atoms with Crippen LogP contribution in [-0.4, -0.2) is 30.2 Å². The van der Waals surface area contributed by atoms with Gasteiger partial charge in [0.05, 0.1) is 10.6 Å². The van der Waals surface area contributed by atoms with Gasteiger partial charge >= 0.3 is 5.97 Å². The Morgan fingerprint density at radius 3 is 2.75 bits per heavy atom. The molecule has 16 heavy (non-hydrogen) atoms. The number of carbonyl (C=O) groups is 1. The first-order valence-corrected chi connectivity index (χ1v) is 6.55. The Balaban J connectivity index is 3.17. The summed E-state index contributed by atoms with van der Waals surface area (Å²) in [6.45, 7) is 1.87. The molecule has 88 valence electrons. The fourth-order valence-corrected chi connectivity index (χ4v) is 2.86. The summed E-state index contributed by atoms with van der Waals surface area (Å²) in [7, 11) is -3.54. The molecular weight excluding hydrogens is 230 g/mol. The van der Waals surface area contributed by atoms with E-state index in [0.29, 0.717) is 6.42 Å². The predicted octanol–water partition coefficient (Wildman–Crippen LogP) is 1.35. The maximum absolute atomic E-state index is 11.8. The Hall–Kier alpha value is -1.43. The highest BCUT2D eigenvalue weighted by molar-refractivity contribution is 7.91. The highest BCUT2D eigenvalue weighted by Crippen LogP contribution is 2.16. The van der Waals surface area contributed by atoms with E-state index in [1.165, 1.54) is 18.3 Å². The number of hydrogen-bond acceptors (Lipinski definition) is 4. The number of carboxylic acids is 1. The van der Waals surface area contributed by atoms with Crippen LogP contribution in [0.3, 0.4) is 0 Å². The highest BCUT2D eigenvalue weighted by Gasteiger charge is 2.22. The van der Waals surface area contributed by atoms with Crippen LogP contribution in [0.15, 0.2) is 23.2 Å². The van der Waals surface area contributed by atoms with Crippen molar-refractivity contribution >= 4 is 15.8 Å². The number of carboxylic acid groups (broad SMARTS) is 1. The number of sulfone groups is 1. The first-order chi connectivity index (χ1) is 7.49. The van der Waals surface area contributed by atoms with Crippen molar-refractivity contribution in [3.63, 3.8) is 0 Å². The first-order valence-electron chi connectivity index (χ1n) is 4.90. The smallest absolute Gasteiger partial charge is 0.355 e. The lowest BCUT2D eigenvalue weighted by atomic mass is 10.3. The first kappa shape index (κ1) is 12.6. The Morgan fingerprint density at radius 2 is 2.19 bits per heavy atom. The summed E-state index contributed by atoms with van der Waals surface area (Å²) in [6.07, 6.45) is 2.51. The SMILES string of the molecule is CCCCS(=O)(=O)c1cccnc1C(=O)O. The van der Waals surface area contributed by atoms with Crippen molar-refractivity contribution in [2.45, 2.75) is 24.7 Å². The van der Waals surface area contributed by atoms with Crippen molar-refractivity contribution in [1.82, 2.24) is 4.98 Å². The summed E-state index contributed by atoms with van der Waals surface area (Å²) in [6, 6.07) is 2.70. The molecule has 0 atom stereocenters. The fourth-order valence-electron chi connectivity index (χ4n) is 1.25. The molecular formula is C10H13NO4S. The van der Waals surface area contributed by atoms with Crippen LogP contribution < -0.4 is 0 Å². The minimum atomic E-state index is -3.54. The van der Waals surface area contributed by atoms with E-state index >= 15 is 0 Å². The van der Waals surface area contributed by atoms with Gasteiger partial charge in [0.25, 0.3) is 0 Å². The predicted molar refractivity (Wildman–Crippen MR) is 58.2 cm³/mol. The lowest BCUT2D eigenvalue weighted by molar-refractivity contribution is 0.0686. The normalized spacial score (nSPS) is 11.3. The number of rotatable bonds is 5. The van der Waals surface area contributed by atoms with Crippen molar-refractivity contribution in [2.75, 3.05) is 5.75 Å². The minimum Gasteiger partial charge on any atom is -0.476 e. The molecule has 6 heteroatoms. The van der Waals surface area contributed by atoms with Gasteiger partial charge in [-0.3, -0.25) is 0 Å². The van der Waals surface area contributed by atoms with Crippen molar-refractivity contribution in [1.29, 1.82) is 0 Å².